The van der Waals surface area contributed by atoms with Crippen LogP contribution in [0.2, 0.25) is 0 Å². The lowest BCUT2D eigenvalue weighted by atomic mass is 9.94. The Hall–Kier alpha value is -2.58. The average molecular weight is 445 g/mol. The summed E-state index contributed by atoms with van der Waals surface area (Å²) in [4.78, 5) is 12.8. The van der Waals surface area contributed by atoms with Gasteiger partial charge in [-0.2, -0.15) is 0 Å². The van der Waals surface area contributed by atoms with Crippen LogP contribution in [0.3, 0.4) is 0 Å². The number of rotatable bonds is 6. The van der Waals surface area contributed by atoms with Crippen LogP contribution in [0.15, 0.2) is 47.4 Å². The lowest BCUT2D eigenvalue weighted by Gasteiger charge is -2.32. The van der Waals surface area contributed by atoms with Crippen LogP contribution in [-0.4, -0.2) is 39.2 Å². The largest absolute Gasteiger partial charge is 0.488 e. The molecule has 0 radical (unpaired) electrons. The zero-order chi connectivity index (χ0) is 22.1. The second-order valence-corrected chi connectivity index (χ2v) is 10.3. The molecule has 166 valence electrons. The molecule has 0 spiro atoms. The minimum atomic E-state index is -3.87. The summed E-state index contributed by atoms with van der Waals surface area (Å²) in [6.45, 7) is 5.15. The van der Waals surface area contributed by atoms with Gasteiger partial charge >= 0.3 is 0 Å². The number of fused-ring (bicyclic) bond motifs is 1. The van der Waals surface area contributed by atoms with Gasteiger partial charge in [0, 0.05) is 13.2 Å². The Morgan fingerprint density at radius 1 is 1.19 bits per heavy atom. The third kappa shape index (κ3) is 5.02. The summed E-state index contributed by atoms with van der Waals surface area (Å²) in [6, 6.07) is 11.5. The lowest BCUT2D eigenvalue weighted by molar-refractivity contribution is 0.0844. The Morgan fingerprint density at radius 2 is 2.00 bits per heavy atom. The number of aryl methyl sites for hydroxylation is 1. The monoisotopic (exact) mass is 444 g/mol. The number of amides is 1. The molecular formula is C23H28N2O5S. The van der Waals surface area contributed by atoms with Crippen molar-refractivity contribution in [2.45, 2.75) is 56.1 Å². The number of ether oxygens (including phenoxy) is 2. The lowest BCUT2D eigenvalue weighted by Crippen LogP contribution is -2.33. The van der Waals surface area contributed by atoms with E-state index in [4.69, 9.17) is 9.47 Å². The summed E-state index contributed by atoms with van der Waals surface area (Å²) in [5.41, 5.74) is 1.11. The molecule has 2 heterocycles. The number of anilines is 1. The van der Waals surface area contributed by atoms with Gasteiger partial charge in [0.05, 0.1) is 22.3 Å². The maximum Gasteiger partial charge on any atom is 0.261 e. The van der Waals surface area contributed by atoms with Crippen LogP contribution < -0.4 is 14.8 Å². The van der Waals surface area contributed by atoms with E-state index in [0.717, 1.165) is 31.2 Å². The van der Waals surface area contributed by atoms with E-state index in [0.29, 0.717) is 18.9 Å². The molecule has 0 aliphatic carbocycles. The fourth-order valence-corrected chi connectivity index (χ4v) is 5.01. The Labute approximate surface area is 183 Å². The van der Waals surface area contributed by atoms with E-state index in [1.54, 1.807) is 36.4 Å². The Morgan fingerprint density at radius 3 is 2.77 bits per heavy atom. The van der Waals surface area contributed by atoms with E-state index in [1.807, 2.05) is 13.8 Å². The highest BCUT2D eigenvalue weighted by molar-refractivity contribution is 7.92. The van der Waals surface area contributed by atoms with Crippen molar-refractivity contribution in [2.24, 2.45) is 0 Å². The first-order valence-electron chi connectivity index (χ1n) is 10.6. The third-order valence-electron chi connectivity index (χ3n) is 5.66. The number of carbonyl (C=O) groups is 1. The Kier molecular flexibility index (Phi) is 5.94. The van der Waals surface area contributed by atoms with Crippen molar-refractivity contribution in [3.05, 3.63) is 53.6 Å². The van der Waals surface area contributed by atoms with Gasteiger partial charge in [-0.3, -0.25) is 9.52 Å². The normalized spacial score (nSPS) is 19.9. The van der Waals surface area contributed by atoms with E-state index < -0.39 is 10.0 Å². The Bertz CT molecular complexity index is 1080. The zero-order valence-corrected chi connectivity index (χ0v) is 18.6. The molecule has 0 saturated carbocycles. The summed E-state index contributed by atoms with van der Waals surface area (Å²) in [5.74, 6) is 0.374. The molecule has 2 aromatic rings. The summed E-state index contributed by atoms with van der Waals surface area (Å²) >= 11 is 0. The number of carbonyl (C=O) groups excluding carboxylic acids is 1. The molecule has 4 rings (SSSR count). The molecule has 31 heavy (non-hydrogen) atoms. The van der Waals surface area contributed by atoms with Crippen molar-refractivity contribution >= 4 is 21.6 Å². The minimum Gasteiger partial charge on any atom is -0.488 e. The van der Waals surface area contributed by atoms with E-state index in [1.165, 1.54) is 6.07 Å². The fourth-order valence-electron chi connectivity index (χ4n) is 3.88. The molecule has 7 nitrogen and oxygen atoms in total. The topological polar surface area (TPSA) is 93.7 Å². The smallest absolute Gasteiger partial charge is 0.261 e. The van der Waals surface area contributed by atoms with E-state index in [-0.39, 0.29) is 33.8 Å². The first-order chi connectivity index (χ1) is 14.7. The average Bonchev–Trinajstić information content (AvgIpc) is 3.25. The molecule has 1 saturated heterocycles. The van der Waals surface area contributed by atoms with Crippen molar-refractivity contribution in [1.29, 1.82) is 0 Å². The van der Waals surface area contributed by atoms with Gasteiger partial charge in [-0.15, -0.1) is 0 Å². The maximum absolute atomic E-state index is 13.1. The van der Waals surface area contributed by atoms with E-state index in [2.05, 4.69) is 10.0 Å². The van der Waals surface area contributed by atoms with Gasteiger partial charge in [0.25, 0.3) is 15.9 Å². The molecule has 1 amide bonds. The van der Waals surface area contributed by atoms with E-state index in [9.17, 15) is 13.2 Å². The van der Waals surface area contributed by atoms with Crippen LogP contribution in [0.4, 0.5) is 5.69 Å². The van der Waals surface area contributed by atoms with Crippen molar-refractivity contribution in [3.63, 3.8) is 0 Å². The first kappa shape index (κ1) is 21.6. The number of nitrogens with one attached hydrogen (secondary N) is 2. The summed E-state index contributed by atoms with van der Waals surface area (Å²) < 4.78 is 40.2. The highest BCUT2D eigenvalue weighted by atomic mass is 32.2. The molecule has 1 unspecified atom stereocenters. The quantitative estimate of drug-likeness (QED) is 0.711. The van der Waals surface area contributed by atoms with E-state index >= 15 is 0 Å². The molecule has 0 bridgehead atoms. The van der Waals surface area contributed by atoms with Gasteiger partial charge in [-0.25, -0.2) is 8.42 Å². The van der Waals surface area contributed by atoms with Crippen LogP contribution in [0.1, 0.15) is 49.0 Å². The maximum atomic E-state index is 13.1. The second-order valence-electron chi connectivity index (χ2n) is 8.63. The van der Waals surface area contributed by atoms with Gasteiger partial charge in [0.15, 0.2) is 0 Å². The molecule has 1 fully saturated rings. The predicted molar refractivity (Wildman–Crippen MR) is 118 cm³/mol. The van der Waals surface area contributed by atoms with Crippen LogP contribution in [0.5, 0.6) is 5.75 Å². The van der Waals surface area contributed by atoms with Gasteiger partial charge in [0.2, 0.25) is 0 Å². The number of sulfonamides is 1. The number of benzene rings is 2. The molecule has 2 aromatic carbocycles. The van der Waals surface area contributed by atoms with Crippen molar-refractivity contribution in [2.75, 3.05) is 17.9 Å². The van der Waals surface area contributed by atoms with Gasteiger partial charge in [-0.05, 0) is 75.4 Å². The molecule has 2 N–H and O–H groups in total. The summed E-state index contributed by atoms with van der Waals surface area (Å²) in [5, 5.41) is 2.84. The molecule has 8 heteroatoms. The predicted octanol–water partition coefficient (Wildman–Crippen LogP) is 3.50. The number of hydrogen-bond donors (Lipinski definition) is 2. The Balaban J connectivity index is 1.51. The van der Waals surface area contributed by atoms with Gasteiger partial charge in [-0.1, -0.05) is 12.1 Å². The summed E-state index contributed by atoms with van der Waals surface area (Å²) in [6.07, 6.45) is 3.46. The molecule has 2 aliphatic rings. The molecule has 1 atom stereocenters. The standard InChI is InChI=1S/C23H28N2O5S/c1-23(2)12-11-16-14-18(9-10-21(16)30-23)31(27,28)25-20-8-4-3-7-19(20)22(26)24-15-17-6-5-13-29-17/h3-4,7-10,14,17,25H,5-6,11-13,15H2,1-2H3,(H,24,26). The highest BCUT2D eigenvalue weighted by Gasteiger charge is 2.28. The summed E-state index contributed by atoms with van der Waals surface area (Å²) in [7, 11) is -3.87. The minimum absolute atomic E-state index is 0.00972. The third-order valence-corrected chi connectivity index (χ3v) is 7.02. The van der Waals surface area contributed by atoms with Crippen LogP contribution >= 0.6 is 0 Å². The van der Waals surface area contributed by atoms with Gasteiger partial charge in [0.1, 0.15) is 11.4 Å². The molecule has 2 aliphatic heterocycles. The number of hydrogen-bond acceptors (Lipinski definition) is 5. The van der Waals surface area contributed by atoms with Crippen molar-refractivity contribution in [1.82, 2.24) is 5.32 Å². The highest BCUT2D eigenvalue weighted by Crippen LogP contribution is 2.34. The van der Waals surface area contributed by atoms with Crippen molar-refractivity contribution in [3.8, 4) is 5.75 Å². The van der Waals surface area contributed by atoms with Crippen LogP contribution in [0.25, 0.3) is 0 Å². The second kappa shape index (κ2) is 8.51. The number of para-hydroxylation sites is 1. The zero-order valence-electron chi connectivity index (χ0n) is 17.8. The van der Waals surface area contributed by atoms with Crippen LogP contribution in [0, 0.1) is 0 Å². The van der Waals surface area contributed by atoms with Crippen LogP contribution in [-0.2, 0) is 21.2 Å². The van der Waals surface area contributed by atoms with Gasteiger partial charge < -0.3 is 14.8 Å². The molecular weight excluding hydrogens is 416 g/mol. The SMILES string of the molecule is CC1(C)CCc2cc(S(=O)(=O)Nc3ccccc3C(=O)NCC3CCCO3)ccc2O1. The fraction of sp³-hybridized carbons (Fsp3) is 0.435. The molecule has 0 aromatic heterocycles. The van der Waals surface area contributed by atoms with Crippen molar-refractivity contribution < 1.29 is 22.7 Å². The first-order valence-corrected chi connectivity index (χ1v) is 12.1.